The summed E-state index contributed by atoms with van der Waals surface area (Å²) in [6, 6.07) is -0.474. The predicted octanol–water partition coefficient (Wildman–Crippen LogP) is 0.556. The molecule has 0 bridgehead atoms. The number of nitrogens with one attached hydrogen (secondary N) is 1. The standard InChI is InChI=1S/C13H16N4O4S2/c1-8-6-22-13(14-8)15-12(19)10-2-3-11(18)17(16-10)9-4-5-23(20,21)7-9/h6,9H,2-5,7H2,1H3,(H,14,15,19)/t9-/m1/s1. The zero-order valence-electron chi connectivity index (χ0n) is 12.5. The number of hydrazone groups is 1. The number of carbonyl (C=O) groups is 2. The van der Waals surface area contributed by atoms with E-state index in [1.165, 1.54) is 16.3 Å². The molecule has 0 aromatic carbocycles. The van der Waals surface area contributed by atoms with Crippen LogP contribution in [-0.4, -0.2) is 53.5 Å². The summed E-state index contributed by atoms with van der Waals surface area (Å²) >= 11 is 1.31. The van der Waals surface area contributed by atoms with Crippen molar-refractivity contribution in [3.05, 3.63) is 11.1 Å². The van der Waals surface area contributed by atoms with Crippen LogP contribution in [0.5, 0.6) is 0 Å². The number of thiazole rings is 1. The number of aryl methyl sites for hydroxylation is 1. The third-order valence-corrected chi connectivity index (χ3v) is 6.34. The number of hydrogen-bond donors (Lipinski definition) is 1. The lowest BCUT2D eigenvalue weighted by Gasteiger charge is -2.27. The maximum absolute atomic E-state index is 12.2. The summed E-state index contributed by atoms with van der Waals surface area (Å²) in [5.74, 6) is -0.689. The fourth-order valence-corrected chi connectivity index (χ4v) is 4.94. The highest BCUT2D eigenvalue weighted by Crippen LogP contribution is 2.23. The molecule has 8 nitrogen and oxygen atoms in total. The number of rotatable bonds is 3. The van der Waals surface area contributed by atoms with Crippen LogP contribution in [0, 0.1) is 6.92 Å². The van der Waals surface area contributed by atoms with Crippen LogP contribution >= 0.6 is 11.3 Å². The first-order chi connectivity index (χ1) is 10.8. The molecule has 1 N–H and O–H groups in total. The summed E-state index contributed by atoms with van der Waals surface area (Å²) in [6.45, 7) is 1.82. The van der Waals surface area contributed by atoms with Crippen LogP contribution in [0.15, 0.2) is 10.5 Å². The van der Waals surface area contributed by atoms with Crippen molar-refractivity contribution in [3.63, 3.8) is 0 Å². The Bertz CT molecular complexity index is 784. The fraction of sp³-hybridized carbons (Fsp3) is 0.538. The average molecular weight is 356 g/mol. The van der Waals surface area contributed by atoms with E-state index in [9.17, 15) is 18.0 Å². The van der Waals surface area contributed by atoms with Gasteiger partial charge in [-0.3, -0.25) is 14.9 Å². The van der Waals surface area contributed by atoms with Crippen molar-refractivity contribution in [1.29, 1.82) is 0 Å². The quantitative estimate of drug-likeness (QED) is 0.851. The summed E-state index contributed by atoms with van der Waals surface area (Å²) < 4.78 is 23.2. The smallest absolute Gasteiger partial charge is 0.273 e. The van der Waals surface area contributed by atoms with E-state index in [-0.39, 0.29) is 36.0 Å². The molecule has 1 fully saturated rings. The number of hydrogen-bond acceptors (Lipinski definition) is 7. The van der Waals surface area contributed by atoms with Crippen molar-refractivity contribution in [2.75, 3.05) is 16.8 Å². The SMILES string of the molecule is Cc1csc(NC(=O)C2=NN([C@@H]3CCS(=O)(=O)C3)C(=O)CC2)n1. The molecule has 124 valence electrons. The van der Waals surface area contributed by atoms with Crippen molar-refractivity contribution in [2.45, 2.75) is 32.2 Å². The number of carbonyl (C=O) groups excluding carboxylic acids is 2. The summed E-state index contributed by atoms with van der Waals surface area (Å²) in [7, 11) is -3.12. The van der Waals surface area contributed by atoms with Gasteiger partial charge in [-0.1, -0.05) is 0 Å². The van der Waals surface area contributed by atoms with E-state index < -0.39 is 21.8 Å². The molecule has 2 aliphatic heterocycles. The Morgan fingerprint density at radius 3 is 2.83 bits per heavy atom. The van der Waals surface area contributed by atoms with E-state index in [1.54, 1.807) is 0 Å². The van der Waals surface area contributed by atoms with E-state index in [0.29, 0.717) is 11.6 Å². The van der Waals surface area contributed by atoms with E-state index in [2.05, 4.69) is 15.4 Å². The molecule has 3 heterocycles. The molecule has 0 saturated carbocycles. The molecule has 1 atom stereocenters. The minimum Gasteiger partial charge on any atom is -0.297 e. The molecule has 0 unspecified atom stereocenters. The molecule has 1 saturated heterocycles. The second-order valence-corrected chi connectivity index (χ2v) is 8.68. The van der Waals surface area contributed by atoms with Gasteiger partial charge < -0.3 is 0 Å². The van der Waals surface area contributed by atoms with Crippen LogP contribution < -0.4 is 5.32 Å². The van der Waals surface area contributed by atoms with Crippen LogP contribution in [0.1, 0.15) is 25.0 Å². The van der Waals surface area contributed by atoms with Gasteiger partial charge in [-0.25, -0.2) is 18.4 Å². The second-order valence-electron chi connectivity index (χ2n) is 5.59. The van der Waals surface area contributed by atoms with E-state index in [4.69, 9.17) is 0 Å². The molecule has 10 heteroatoms. The molecule has 2 amide bonds. The fourth-order valence-electron chi connectivity index (χ4n) is 2.57. The molecule has 0 spiro atoms. The third-order valence-electron chi connectivity index (χ3n) is 3.72. The number of anilines is 1. The zero-order valence-corrected chi connectivity index (χ0v) is 14.1. The third kappa shape index (κ3) is 3.58. The average Bonchev–Trinajstić information content (AvgIpc) is 3.05. The van der Waals surface area contributed by atoms with Gasteiger partial charge in [0.25, 0.3) is 5.91 Å². The van der Waals surface area contributed by atoms with Gasteiger partial charge in [-0.15, -0.1) is 11.3 Å². The van der Waals surface area contributed by atoms with Crippen molar-refractivity contribution >= 4 is 43.8 Å². The Labute approximate surface area is 137 Å². The Morgan fingerprint density at radius 1 is 1.43 bits per heavy atom. The van der Waals surface area contributed by atoms with Crippen molar-refractivity contribution in [1.82, 2.24) is 9.99 Å². The highest BCUT2D eigenvalue weighted by Gasteiger charge is 2.37. The molecule has 2 aliphatic rings. The maximum atomic E-state index is 12.2. The highest BCUT2D eigenvalue weighted by molar-refractivity contribution is 7.91. The molecule has 1 aromatic heterocycles. The molecule has 0 aliphatic carbocycles. The number of aromatic nitrogens is 1. The largest absolute Gasteiger partial charge is 0.297 e. The topological polar surface area (TPSA) is 109 Å². The van der Waals surface area contributed by atoms with Gasteiger partial charge in [0, 0.05) is 18.2 Å². The maximum Gasteiger partial charge on any atom is 0.273 e. The Morgan fingerprint density at radius 2 is 2.22 bits per heavy atom. The van der Waals surface area contributed by atoms with Crippen molar-refractivity contribution < 1.29 is 18.0 Å². The number of amides is 2. The molecular formula is C13H16N4O4S2. The predicted molar refractivity (Wildman–Crippen MR) is 86.1 cm³/mol. The Balaban J connectivity index is 1.75. The van der Waals surface area contributed by atoms with Gasteiger partial charge in [0.15, 0.2) is 15.0 Å². The second kappa shape index (κ2) is 6.00. The van der Waals surface area contributed by atoms with E-state index in [1.807, 2.05) is 12.3 Å². The molecule has 23 heavy (non-hydrogen) atoms. The van der Waals surface area contributed by atoms with Gasteiger partial charge in [-0.05, 0) is 13.3 Å². The Kier molecular flexibility index (Phi) is 4.19. The Hall–Kier alpha value is -1.81. The molecule has 3 rings (SSSR count). The summed E-state index contributed by atoms with van der Waals surface area (Å²) in [6.07, 6.45) is 0.753. The zero-order chi connectivity index (χ0) is 16.6. The van der Waals surface area contributed by atoms with Crippen LogP contribution in [-0.2, 0) is 19.4 Å². The lowest BCUT2D eigenvalue weighted by atomic mass is 10.1. The van der Waals surface area contributed by atoms with Crippen LogP contribution in [0.3, 0.4) is 0 Å². The molecular weight excluding hydrogens is 340 g/mol. The lowest BCUT2D eigenvalue weighted by molar-refractivity contribution is -0.133. The van der Waals surface area contributed by atoms with Gasteiger partial charge in [-0.2, -0.15) is 5.10 Å². The first-order valence-corrected chi connectivity index (χ1v) is 9.87. The van der Waals surface area contributed by atoms with Crippen molar-refractivity contribution in [3.8, 4) is 0 Å². The number of nitrogens with zero attached hydrogens (tertiary/aromatic N) is 3. The number of sulfone groups is 1. The van der Waals surface area contributed by atoms with Gasteiger partial charge >= 0.3 is 0 Å². The van der Waals surface area contributed by atoms with Gasteiger partial charge in [0.2, 0.25) is 5.91 Å². The minimum absolute atomic E-state index is 0.0525. The van der Waals surface area contributed by atoms with E-state index >= 15 is 0 Å². The van der Waals surface area contributed by atoms with Crippen LogP contribution in [0.2, 0.25) is 0 Å². The highest BCUT2D eigenvalue weighted by atomic mass is 32.2. The van der Waals surface area contributed by atoms with Crippen LogP contribution in [0.4, 0.5) is 5.13 Å². The first kappa shape index (κ1) is 16.1. The lowest BCUT2D eigenvalue weighted by Crippen LogP contribution is -2.42. The molecule has 0 radical (unpaired) electrons. The van der Waals surface area contributed by atoms with Crippen LogP contribution in [0.25, 0.3) is 0 Å². The monoisotopic (exact) mass is 356 g/mol. The first-order valence-electron chi connectivity index (χ1n) is 7.17. The minimum atomic E-state index is -3.12. The molecule has 1 aromatic rings. The summed E-state index contributed by atoms with van der Waals surface area (Å²) in [5, 5.41) is 10.2. The van der Waals surface area contributed by atoms with Crippen molar-refractivity contribution in [2.24, 2.45) is 5.10 Å². The normalized spacial score (nSPS) is 23.7. The van der Waals surface area contributed by atoms with E-state index in [0.717, 1.165) is 5.69 Å². The summed E-state index contributed by atoms with van der Waals surface area (Å²) in [5.41, 5.74) is 1.03. The van der Waals surface area contributed by atoms with Gasteiger partial charge in [0.05, 0.1) is 23.2 Å². The summed E-state index contributed by atoms with van der Waals surface area (Å²) in [4.78, 5) is 28.4. The van der Waals surface area contributed by atoms with Gasteiger partial charge in [0.1, 0.15) is 5.71 Å².